The van der Waals surface area contributed by atoms with E-state index >= 15 is 0 Å². The van der Waals surface area contributed by atoms with E-state index in [4.69, 9.17) is 0 Å². The van der Waals surface area contributed by atoms with Crippen molar-refractivity contribution in [2.45, 2.75) is 6.54 Å². The van der Waals surface area contributed by atoms with Gasteiger partial charge in [0.15, 0.2) is 0 Å². The van der Waals surface area contributed by atoms with Crippen molar-refractivity contribution in [3.63, 3.8) is 0 Å². The first-order valence-corrected chi connectivity index (χ1v) is 7.55. The molecule has 1 N–H and O–H groups in total. The summed E-state index contributed by atoms with van der Waals surface area (Å²) in [6.45, 7) is 0.623. The largest absolute Gasteiger partial charge is 0.478 e. The molecule has 0 bridgehead atoms. The second-order valence-corrected chi connectivity index (χ2v) is 6.18. The molecule has 0 radical (unpaired) electrons. The molecule has 0 unspecified atom stereocenters. The van der Waals surface area contributed by atoms with Gasteiger partial charge in [0, 0.05) is 22.5 Å². The van der Waals surface area contributed by atoms with Gasteiger partial charge in [-0.2, -0.15) is 0 Å². The zero-order chi connectivity index (χ0) is 14.7. The van der Waals surface area contributed by atoms with Gasteiger partial charge in [-0.05, 0) is 29.8 Å². The van der Waals surface area contributed by atoms with E-state index in [-0.39, 0.29) is 0 Å². The van der Waals surface area contributed by atoms with Crippen molar-refractivity contribution in [2.24, 2.45) is 0 Å². The number of hydrogen-bond acceptors (Lipinski definition) is 2. The van der Waals surface area contributed by atoms with Gasteiger partial charge in [0.25, 0.3) is 0 Å². The Morgan fingerprint density at radius 1 is 1.20 bits per heavy atom. The predicted octanol–water partition coefficient (Wildman–Crippen LogP) is 4.55. The molecule has 0 aromatic heterocycles. The highest BCUT2D eigenvalue weighted by Crippen LogP contribution is 2.27. The highest BCUT2D eigenvalue weighted by Gasteiger charge is 2.14. The first-order chi connectivity index (χ1) is 9.49. The Kier molecular flexibility index (Phi) is 4.83. The second kappa shape index (κ2) is 6.41. The molecule has 0 fully saturated rings. The third-order valence-electron chi connectivity index (χ3n) is 2.97. The normalized spacial score (nSPS) is 10.3. The monoisotopic (exact) mass is 397 g/mol. The Morgan fingerprint density at radius 3 is 2.55 bits per heavy atom. The molecule has 2 rings (SSSR count). The molecule has 5 heteroatoms. The SMILES string of the molecule is CN(Cc1ccccc1Br)c1cc(Br)ccc1C(=O)O. The summed E-state index contributed by atoms with van der Waals surface area (Å²) in [5.41, 5.74) is 2.08. The number of aromatic carboxylic acids is 1. The van der Waals surface area contributed by atoms with Crippen LogP contribution in [0.4, 0.5) is 5.69 Å². The van der Waals surface area contributed by atoms with Crippen LogP contribution in [-0.2, 0) is 6.54 Å². The number of benzene rings is 2. The van der Waals surface area contributed by atoms with Crippen molar-refractivity contribution in [1.29, 1.82) is 0 Å². The van der Waals surface area contributed by atoms with Gasteiger partial charge in [0.1, 0.15) is 0 Å². The van der Waals surface area contributed by atoms with E-state index in [0.29, 0.717) is 17.8 Å². The Bertz CT molecular complexity index is 644. The summed E-state index contributed by atoms with van der Waals surface area (Å²) in [6.07, 6.45) is 0. The Morgan fingerprint density at radius 2 is 1.90 bits per heavy atom. The molecule has 0 aliphatic heterocycles. The third kappa shape index (κ3) is 3.41. The van der Waals surface area contributed by atoms with Crippen LogP contribution in [0.25, 0.3) is 0 Å². The van der Waals surface area contributed by atoms with Gasteiger partial charge in [-0.15, -0.1) is 0 Å². The van der Waals surface area contributed by atoms with Crippen LogP contribution in [0.15, 0.2) is 51.4 Å². The first-order valence-electron chi connectivity index (χ1n) is 5.96. The highest BCUT2D eigenvalue weighted by molar-refractivity contribution is 9.10. The van der Waals surface area contributed by atoms with Crippen LogP contribution in [0.1, 0.15) is 15.9 Å². The van der Waals surface area contributed by atoms with E-state index < -0.39 is 5.97 Å². The molecule has 2 aromatic carbocycles. The Balaban J connectivity index is 2.34. The van der Waals surface area contributed by atoms with Gasteiger partial charge in [0.2, 0.25) is 0 Å². The zero-order valence-electron chi connectivity index (χ0n) is 10.8. The van der Waals surface area contributed by atoms with Crippen molar-refractivity contribution >= 4 is 43.5 Å². The number of rotatable bonds is 4. The summed E-state index contributed by atoms with van der Waals surface area (Å²) in [7, 11) is 1.88. The lowest BCUT2D eigenvalue weighted by Crippen LogP contribution is -2.19. The zero-order valence-corrected chi connectivity index (χ0v) is 14.0. The maximum absolute atomic E-state index is 11.3. The molecule has 3 nitrogen and oxygen atoms in total. The van der Waals surface area contributed by atoms with E-state index in [9.17, 15) is 9.90 Å². The Labute approximate surface area is 134 Å². The van der Waals surface area contributed by atoms with Crippen molar-refractivity contribution in [2.75, 3.05) is 11.9 Å². The summed E-state index contributed by atoms with van der Waals surface area (Å²) < 4.78 is 1.87. The lowest BCUT2D eigenvalue weighted by Gasteiger charge is -2.22. The number of hydrogen-bond donors (Lipinski definition) is 1. The number of carboxylic acids is 1. The van der Waals surface area contributed by atoms with Gasteiger partial charge in [-0.3, -0.25) is 0 Å². The molecule has 0 atom stereocenters. The summed E-state index contributed by atoms with van der Waals surface area (Å²) in [5, 5.41) is 9.27. The summed E-state index contributed by atoms with van der Waals surface area (Å²) in [5.74, 6) is -0.925. The molecule has 0 saturated carbocycles. The maximum Gasteiger partial charge on any atom is 0.337 e. The molecule has 104 valence electrons. The second-order valence-electron chi connectivity index (χ2n) is 4.41. The number of nitrogens with zero attached hydrogens (tertiary/aromatic N) is 1. The lowest BCUT2D eigenvalue weighted by atomic mass is 10.1. The smallest absolute Gasteiger partial charge is 0.337 e. The fraction of sp³-hybridized carbons (Fsp3) is 0.133. The lowest BCUT2D eigenvalue weighted by molar-refractivity contribution is 0.0697. The predicted molar refractivity (Wildman–Crippen MR) is 87.4 cm³/mol. The molecule has 0 heterocycles. The van der Waals surface area contributed by atoms with Crippen LogP contribution in [-0.4, -0.2) is 18.1 Å². The molecule has 0 saturated heterocycles. The van der Waals surface area contributed by atoms with Crippen LogP contribution in [0.5, 0.6) is 0 Å². The van der Waals surface area contributed by atoms with Gasteiger partial charge >= 0.3 is 5.97 Å². The van der Waals surface area contributed by atoms with E-state index in [2.05, 4.69) is 31.9 Å². The van der Waals surface area contributed by atoms with Crippen LogP contribution in [0.2, 0.25) is 0 Å². The molecule has 0 aliphatic carbocycles. The average Bonchev–Trinajstić information content (AvgIpc) is 2.40. The fourth-order valence-electron chi connectivity index (χ4n) is 1.97. The fourth-order valence-corrected chi connectivity index (χ4v) is 2.73. The summed E-state index contributed by atoms with van der Waals surface area (Å²) in [6, 6.07) is 13.1. The van der Waals surface area contributed by atoms with Crippen LogP contribution in [0.3, 0.4) is 0 Å². The first kappa shape index (κ1) is 15.1. The van der Waals surface area contributed by atoms with Gasteiger partial charge < -0.3 is 10.0 Å². The van der Waals surface area contributed by atoms with Gasteiger partial charge in [0.05, 0.1) is 11.3 Å². The van der Waals surface area contributed by atoms with Crippen LogP contribution >= 0.6 is 31.9 Å². The van der Waals surface area contributed by atoms with Crippen LogP contribution < -0.4 is 4.90 Å². The molecule has 20 heavy (non-hydrogen) atoms. The average molecular weight is 399 g/mol. The van der Waals surface area contributed by atoms with Crippen molar-refractivity contribution in [1.82, 2.24) is 0 Å². The Hall–Kier alpha value is -1.33. The minimum atomic E-state index is -0.925. The van der Waals surface area contributed by atoms with E-state index in [0.717, 1.165) is 14.5 Å². The molecular formula is C15H13Br2NO2. The quantitative estimate of drug-likeness (QED) is 0.821. The van der Waals surface area contributed by atoms with E-state index in [1.807, 2.05) is 42.3 Å². The maximum atomic E-state index is 11.3. The highest BCUT2D eigenvalue weighted by atomic mass is 79.9. The minimum absolute atomic E-state index is 0.294. The number of anilines is 1. The van der Waals surface area contributed by atoms with Gasteiger partial charge in [-0.1, -0.05) is 50.1 Å². The molecule has 0 amide bonds. The van der Waals surface area contributed by atoms with E-state index in [1.54, 1.807) is 12.1 Å². The van der Waals surface area contributed by atoms with Crippen molar-refractivity contribution < 1.29 is 9.90 Å². The summed E-state index contributed by atoms with van der Waals surface area (Å²) >= 11 is 6.89. The van der Waals surface area contributed by atoms with Crippen molar-refractivity contribution in [3.05, 3.63) is 62.5 Å². The summed E-state index contributed by atoms with van der Waals surface area (Å²) in [4.78, 5) is 13.2. The van der Waals surface area contributed by atoms with Gasteiger partial charge in [-0.25, -0.2) is 4.79 Å². The number of halogens is 2. The molecule has 2 aromatic rings. The number of carboxylic acid groups (broad SMARTS) is 1. The molecule has 0 spiro atoms. The van der Waals surface area contributed by atoms with Crippen molar-refractivity contribution in [3.8, 4) is 0 Å². The van der Waals surface area contributed by atoms with Crippen LogP contribution in [0, 0.1) is 0 Å². The van der Waals surface area contributed by atoms with E-state index in [1.165, 1.54) is 0 Å². The minimum Gasteiger partial charge on any atom is -0.478 e. The third-order valence-corrected chi connectivity index (χ3v) is 4.23. The molecular weight excluding hydrogens is 386 g/mol. The molecule has 0 aliphatic rings. The topological polar surface area (TPSA) is 40.5 Å². The standard InChI is InChI=1S/C15H13Br2NO2/c1-18(9-10-4-2-3-5-13(10)17)14-8-11(16)6-7-12(14)15(19)20/h2-8H,9H2,1H3,(H,19,20). The number of carbonyl (C=O) groups is 1.